The van der Waals surface area contributed by atoms with Gasteiger partial charge in [0.1, 0.15) is 5.54 Å². The van der Waals surface area contributed by atoms with Crippen LogP contribution >= 0.6 is 0 Å². The molecule has 1 unspecified atom stereocenters. The first-order valence-corrected chi connectivity index (χ1v) is 5.40. The van der Waals surface area contributed by atoms with Gasteiger partial charge in [-0.2, -0.15) is 0 Å². The topological polar surface area (TPSA) is 115 Å². The Morgan fingerprint density at radius 3 is 2.29 bits per heavy atom. The van der Waals surface area contributed by atoms with E-state index in [2.05, 4.69) is 11.9 Å². The molecule has 0 aliphatic carbocycles. The maximum absolute atomic E-state index is 11.5. The Balaban J connectivity index is 4.80. The van der Waals surface area contributed by atoms with Crippen LogP contribution in [0.2, 0.25) is 0 Å². The van der Waals surface area contributed by atoms with Gasteiger partial charge < -0.3 is 16.8 Å². The molecule has 0 aromatic rings. The fraction of sp³-hybridized carbons (Fsp3) is 0.545. The van der Waals surface area contributed by atoms with E-state index in [9.17, 15) is 14.4 Å². The molecule has 96 valence electrons. The van der Waals surface area contributed by atoms with Gasteiger partial charge in [0, 0.05) is 6.42 Å². The lowest BCUT2D eigenvalue weighted by Gasteiger charge is -2.27. The zero-order valence-corrected chi connectivity index (χ0v) is 9.99. The summed E-state index contributed by atoms with van der Waals surface area (Å²) in [6.07, 6.45) is 2.56. The number of unbranched alkanes of at least 4 members (excludes halogenated alkanes) is 1. The zero-order chi connectivity index (χ0) is 13.5. The minimum absolute atomic E-state index is 0.262. The molecule has 0 saturated carbocycles. The Hall–Kier alpha value is -1.85. The maximum Gasteiger partial charge on any atom is 0.247 e. The third kappa shape index (κ3) is 4.67. The van der Waals surface area contributed by atoms with Crippen molar-refractivity contribution in [3.63, 3.8) is 0 Å². The van der Waals surface area contributed by atoms with E-state index in [1.165, 1.54) is 0 Å². The van der Waals surface area contributed by atoms with Crippen molar-refractivity contribution in [3.05, 3.63) is 12.7 Å². The third-order valence-corrected chi connectivity index (χ3v) is 2.36. The van der Waals surface area contributed by atoms with E-state index >= 15 is 0 Å². The molecule has 0 bridgehead atoms. The Morgan fingerprint density at radius 1 is 1.35 bits per heavy atom. The Bertz CT molecular complexity index is 328. The van der Waals surface area contributed by atoms with Crippen molar-refractivity contribution in [3.8, 4) is 0 Å². The van der Waals surface area contributed by atoms with E-state index in [1.54, 1.807) is 0 Å². The highest BCUT2D eigenvalue weighted by molar-refractivity contribution is 5.96. The van der Waals surface area contributed by atoms with Crippen LogP contribution in [0.1, 0.15) is 32.6 Å². The largest absolute Gasteiger partial charge is 0.370 e. The lowest BCUT2D eigenvalue weighted by molar-refractivity contribution is -0.132. The fourth-order valence-electron chi connectivity index (χ4n) is 1.34. The molecular weight excluding hydrogens is 222 g/mol. The minimum Gasteiger partial charge on any atom is -0.370 e. The number of carbonyl (C=O) groups is 3. The second kappa shape index (κ2) is 6.67. The van der Waals surface area contributed by atoms with Crippen molar-refractivity contribution in [2.75, 3.05) is 0 Å². The van der Waals surface area contributed by atoms with Crippen LogP contribution in [0.3, 0.4) is 0 Å². The molecule has 0 radical (unpaired) electrons. The van der Waals surface area contributed by atoms with Crippen LogP contribution in [-0.4, -0.2) is 23.3 Å². The molecule has 0 spiro atoms. The molecule has 0 aromatic heterocycles. The molecule has 1 atom stereocenters. The van der Waals surface area contributed by atoms with Crippen LogP contribution in [0.4, 0.5) is 0 Å². The summed E-state index contributed by atoms with van der Waals surface area (Å²) in [4.78, 5) is 33.8. The van der Waals surface area contributed by atoms with E-state index in [4.69, 9.17) is 11.5 Å². The summed E-state index contributed by atoms with van der Waals surface area (Å²) in [6, 6.07) is 0. The van der Waals surface area contributed by atoms with Gasteiger partial charge in [-0.05, 0) is 6.42 Å². The summed E-state index contributed by atoms with van der Waals surface area (Å²) in [6.45, 7) is 5.35. The Kier molecular flexibility index (Phi) is 5.95. The summed E-state index contributed by atoms with van der Waals surface area (Å²) in [7, 11) is 0. The van der Waals surface area contributed by atoms with Crippen molar-refractivity contribution in [2.45, 2.75) is 38.1 Å². The lowest BCUT2D eigenvalue weighted by Crippen LogP contribution is -2.57. The molecule has 5 N–H and O–H groups in total. The van der Waals surface area contributed by atoms with Crippen molar-refractivity contribution < 1.29 is 14.4 Å². The van der Waals surface area contributed by atoms with E-state index < -0.39 is 17.4 Å². The van der Waals surface area contributed by atoms with Gasteiger partial charge in [0.2, 0.25) is 17.7 Å². The average molecular weight is 241 g/mol. The first-order valence-electron chi connectivity index (χ1n) is 5.40. The van der Waals surface area contributed by atoms with Gasteiger partial charge in [-0.15, -0.1) is 6.58 Å². The summed E-state index contributed by atoms with van der Waals surface area (Å²) in [5, 5.41) is 2.41. The summed E-state index contributed by atoms with van der Waals surface area (Å²) >= 11 is 0. The molecule has 0 aromatic carbocycles. The lowest BCUT2D eigenvalue weighted by atomic mass is 9.93. The van der Waals surface area contributed by atoms with Crippen LogP contribution < -0.4 is 16.8 Å². The van der Waals surface area contributed by atoms with Gasteiger partial charge in [0.05, 0.1) is 6.42 Å². The predicted octanol–water partition coefficient (Wildman–Crippen LogP) is -0.422. The van der Waals surface area contributed by atoms with E-state index in [0.717, 1.165) is 12.5 Å². The van der Waals surface area contributed by atoms with Crippen molar-refractivity contribution in [2.24, 2.45) is 11.5 Å². The summed E-state index contributed by atoms with van der Waals surface area (Å²) in [5.41, 5.74) is 8.61. The molecule has 6 nitrogen and oxygen atoms in total. The molecule has 0 fully saturated rings. The van der Waals surface area contributed by atoms with Crippen LogP contribution in [0.25, 0.3) is 0 Å². The molecule has 3 amide bonds. The maximum atomic E-state index is 11.5. The number of rotatable bonds is 8. The number of carbonyl (C=O) groups excluding carboxylic acids is 3. The SMILES string of the molecule is C=CC(CC(N)=O)(NC(=O)CCCC)C(N)=O. The predicted molar refractivity (Wildman–Crippen MR) is 63.6 cm³/mol. The third-order valence-electron chi connectivity index (χ3n) is 2.36. The smallest absolute Gasteiger partial charge is 0.247 e. The number of nitrogens with two attached hydrogens (primary N) is 2. The van der Waals surface area contributed by atoms with Gasteiger partial charge in [-0.25, -0.2) is 0 Å². The number of amides is 3. The van der Waals surface area contributed by atoms with Crippen LogP contribution in [0.15, 0.2) is 12.7 Å². The molecule has 0 aliphatic heterocycles. The van der Waals surface area contributed by atoms with Gasteiger partial charge in [0.15, 0.2) is 0 Å². The first kappa shape index (κ1) is 15.2. The molecule has 0 aliphatic rings. The Labute approximate surface area is 100 Å². The summed E-state index contributed by atoms with van der Waals surface area (Å²) in [5.74, 6) is -1.94. The molecular formula is C11H19N3O3. The van der Waals surface area contributed by atoms with E-state index in [-0.39, 0.29) is 18.7 Å². The number of hydrogen-bond acceptors (Lipinski definition) is 3. The number of nitrogens with one attached hydrogen (secondary N) is 1. The Morgan fingerprint density at radius 2 is 1.94 bits per heavy atom. The highest BCUT2D eigenvalue weighted by Crippen LogP contribution is 2.12. The van der Waals surface area contributed by atoms with Gasteiger partial charge in [-0.3, -0.25) is 14.4 Å². The fourth-order valence-corrected chi connectivity index (χ4v) is 1.34. The van der Waals surface area contributed by atoms with Crippen LogP contribution in [-0.2, 0) is 14.4 Å². The van der Waals surface area contributed by atoms with Gasteiger partial charge >= 0.3 is 0 Å². The normalized spacial score (nSPS) is 13.5. The second-order valence-corrected chi connectivity index (χ2v) is 3.83. The zero-order valence-electron chi connectivity index (χ0n) is 9.99. The monoisotopic (exact) mass is 241 g/mol. The van der Waals surface area contributed by atoms with Crippen molar-refractivity contribution in [1.82, 2.24) is 5.32 Å². The van der Waals surface area contributed by atoms with Gasteiger partial charge in [0.25, 0.3) is 0 Å². The van der Waals surface area contributed by atoms with Crippen LogP contribution in [0.5, 0.6) is 0 Å². The molecule has 0 saturated heterocycles. The second-order valence-electron chi connectivity index (χ2n) is 3.83. The molecule has 0 rings (SSSR count). The van der Waals surface area contributed by atoms with Crippen LogP contribution in [0, 0.1) is 0 Å². The number of primary amides is 2. The standard InChI is InChI=1S/C11H19N3O3/c1-3-5-6-9(16)14-11(4-2,10(13)17)7-8(12)15/h4H,2-3,5-7H2,1H3,(H2,12,15)(H2,13,17)(H,14,16). The van der Waals surface area contributed by atoms with Gasteiger partial charge in [-0.1, -0.05) is 19.4 Å². The molecule has 17 heavy (non-hydrogen) atoms. The average Bonchev–Trinajstić information content (AvgIpc) is 2.24. The van der Waals surface area contributed by atoms with E-state index in [0.29, 0.717) is 6.42 Å². The highest BCUT2D eigenvalue weighted by Gasteiger charge is 2.36. The van der Waals surface area contributed by atoms with Crippen molar-refractivity contribution in [1.29, 1.82) is 0 Å². The van der Waals surface area contributed by atoms with E-state index in [1.807, 2.05) is 6.92 Å². The highest BCUT2D eigenvalue weighted by atomic mass is 16.2. The first-order chi connectivity index (χ1) is 7.88. The summed E-state index contributed by atoms with van der Waals surface area (Å²) < 4.78 is 0. The van der Waals surface area contributed by atoms with Crippen molar-refractivity contribution >= 4 is 17.7 Å². The number of hydrogen-bond donors (Lipinski definition) is 3. The minimum atomic E-state index is -1.59. The molecule has 0 heterocycles. The molecule has 6 heteroatoms. The quantitative estimate of drug-likeness (QED) is 0.501.